The first-order valence-electron chi connectivity index (χ1n) is 19.0. The number of fused-ring (bicyclic) bond motifs is 2. The van der Waals surface area contributed by atoms with Gasteiger partial charge in [0.1, 0.15) is 12.2 Å². The summed E-state index contributed by atoms with van der Waals surface area (Å²) in [5, 5.41) is 0. The second-order valence-electron chi connectivity index (χ2n) is 16.1. The first-order valence-corrected chi connectivity index (χ1v) is 19.0. The Morgan fingerprint density at radius 3 is 1.96 bits per heavy atom. The summed E-state index contributed by atoms with van der Waals surface area (Å²) in [6, 6.07) is 7.98. The van der Waals surface area contributed by atoms with E-state index < -0.39 is 118 Å². The zero-order valence-electron chi connectivity index (χ0n) is 32.9. The molecule has 0 amide bonds. The lowest BCUT2D eigenvalue weighted by Crippen LogP contribution is -2.82. The van der Waals surface area contributed by atoms with Gasteiger partial charge >= 0.3 is 29.8 Å². The van der Waals surface area contributed by atoms with Crippen LogP contribution in [0.5, 0.6) is 0 Å². The number of rotatable bonds is 12. The van der Waals surface area contributed by atoms with E-state index in [1.807, 2.05) is 6.92 Å². The van der Waals surface area contributed by atoms with Crippen molar-refractivity contribution < 1.29 is 66.6 Å². The number of carbonyl (C=O) groups is 5. The first-order chi connectivity index (χ1) is 26.2. The van der Waals surface area contributed by atoms with E-state index in [1.165, 1.54) is 34.8 Å². The normalized spacial score (nSPS) is 43.3. The average molecular weight is 772 g/mol. The van der Waals surface area contributed by atoms with Crippen molar-refractivity contribution >= 4 is 29.8 Å². The van der Waals surface area contributed by atoms with Crippen LogP contribution in [0.1, 0.15) is 57.8 Å². The zero-order chi connectivity index (χ0) is 39.8. The standard InChI is InChI=1S/C40H53NO14/c1-10-41-18-37(19-47-6)26(51-20(2)42)16-27(48-7)39-25-17-38(54-22(4)44)33(53-36(46)24-14-12-11-13-15-24)28(25)40(55-23(5)45,35(34(38)50-9)52-21(3)43)29(32(39)41)30(49-8)31(37)39/h11-15,25-35H,10,16-19H2,1-9H3/t25-,26-,27+,28-,29+,30+,31-,32+,33-,34+,35+,37+,38-,39+,40-/m1/s1. The number of piperidine rings is 1. The summed E-state index contributed by atoms with van der Waals surface area (Å²) in [6.45, 7) is 8.33. The number of esters is 5. The number of hydrogen-bond acceptors (Lipinski definition) is 15. The van der Waals surface area contributed by atoms with E-state index in [0.717, 1.165) is 0 Å². The molecule has 1 saturated heterocycles. The molecule has 7 rings (SSSR count). The SMILES string of the molecule is CCN1C[C@@]2(COC)[C@H]3[C@@H](OC)[C@H]4[C@H]1[C@]3([C@@H](OC)C[C@H]2OC(C)=O)[C@@H]1C[C@@]2(OC(C)=O)[C@H](OC(=O)c3ccccc3)[C@@H]1[C@]4(OC(C)=O)[C@@H](OC(C)=O)[C@@H]2OC. The summed E-state index contributed by atoms with van der Waals surface area (Å²) in [4.78, 5) is 69.8. The number of ether oxygens (including phenoxy) is 9. The average Bonchev–Trinajstić information content (AvgIpc) is 3.51. The third-order valence-corrected chi connectivity index (χ3v) is 14.0. The Morgan fingerprint density at radius 1 is 0.745 bits per heavy atom. The fourth-order valence-corrected chi connectivity index (χ4v) is 13.4. The topological polar surface area (TPSA) is 172 Å². The fraction of sp³-hybridized carbons (Fsp3) is 0.725. The zero-order valence-corrected chi connectivity index (χ0v) is 32.9. The predicted molar refractivity (Wildman–Crippen MR) is 189 cm³/mol. The van der Waals surface area contributed by atoms with E-state index in [1.54, 1.807) is 51.7 Å². The molecule has 0 aromatic heterocycles. The van der Waals surface area contributed by atoms with Gasteiger partial charge < -0.3 is 42.6 Å². The smallest absolute Gasteiger partial charge is 0.338 e. The molecule has 15 atom stereocenters. The van der Waals surface area contributed by atoms with Crippen LogP contribution in [0.3, 0.4) is 0 Å². The van der Waals surface area contributed by atoms with Crippen LogP contribution in [-0.4, -0.2) is 137 Å². The quantitative estimate of drug-likeness (QED) is 0.224. The van der Waals surface area contributed by atoms with Gasteiger partial charge in [-0.05, 0) is 31.0 Å². The van der Waals surface area contributed by atoms with Crippen molar-refractivity contribution in [3.63, 3.8) is 0 Å². The van der Waals surface area contributed by atoms with Gasteiger partial charge in [0, 0.05) is 104 Å². The van der Waals surface area contributed by atoms with Gasteiger partial charge in [-0.25, -0.2) is 4.79 Å². The largest absolute Gasteiger partial charge is 0.462 e. The Bertz CT molecular complexity index is 1710. The highest BCUT2D eigenvalue weighted by Gasteiger charge is 2.93. The highest BCUT2D eigenvalue weighted by molar-refractivity contribution is 5.89. The second kappa shape index (κ2) is 14.1. The highest BCUT2D eigenvalue weighted by Crippen LogP contribution is 2.81. The van der Waals surface area contributed by atoms with Crippen LogP contribution in [0, 0.1) is 34.5 Å². The molecule has 15 heteroatoms. The lowest BCUT2D eigenvalue weighted by molar-refractivity contribution is -0.325. The van der Waals surface area contributed by atoms with Gasteiger partial charge in [-0.1, -0.05) is 25.1 Å². The molecule has 6 aliphatic rings. The predicted octanol–water partition coefficient (Wildman–Crippen LogP) is 2.36. The van der Waals surface area contributed by atoms with Crippen molar-refractivity contribution in [2.45, 2.75) is 101 Å². The van der Waals surface area contributed by atoms with Crippen LogP contribution in [0.4, 0.5) is 0 Å². The Labute approximate surface area is 320 Å². The molecule has 0 unspecified atom stereocenters. The lowest BCUT2D eigenvalue weighted by Gasteiger charge is -2.70. The number of methoxy groups -OCH3 is 4. The van der Waals surface area contributed by atoms with Crippen molar-refractivity contribution in [2.24, 2.45) is 34.5 Å². The number of nitrogens with zero attached hydrogens (tertiary/aromatic N) is 1. The number of likely N-dealkylation sites (tertiary alicyclic amines) is 1. The van der Waals surface area contributed by atoms with Crippen LogP contribution >= 0.6 is 0 Å². The highest BCUT2D eigenvalue weighted by atomic mass is 16.7. The Balaban J connectivity index is 1.60. The summed E-state index contributed by atoms with van der Waals surface area (Å²) in [5.41, 5.74) is -5.03. The maximum atomic E-state index is 14.2. The molecule has 1 heterocycles. The molecule has 6 fully saturated rings. The summed E-state index contributed by atoms with van der Waals surface area (Å²) < 4.78 is 57.9. The van der Waals surface area contributed by atoms with Crippen molar-refractivity contribution in [3.8, 4) is 0 Å². The van der Waals surface area contributed by atoms with Crippen LogP contribution in [0.25, 0.3) is 0 Å². The molecule has 1 aromatic rings. The molecule has 1 spiro atoms. The van der Waals surface area contributed by atoms with E-state index in [0.29, 0.717) is 19.5 Å². The molecule has 0 N–H and O–H groups in total. The van der Waals surface area contributed by atoms with Crippen LogP contribution in [-0.2, 0) is 61.8 Å². The minimum atomic E-state index is -1.77. The number of benzene rings is 1. The third-order valence-electron chi connectivity index (χ3n) is 14.0. The van der Waals surface area contributed by atoms with Crippen LogP contribution in [0.2, 0.25) is 0 Å². The number of hydrogen-bond donors (Lipinski definition) is 0. The molecule has 0 radical (unpaired) electrons. The van der Waals surface area contributed by atoms with E-state index in [-0.39, 0.29) is 18.6 Å². The Morgan fingerprint density at radius 2 is 1.42 bits per heavy atom. The molecule has 5 aliphatic carbocycles. The van der Waals surface area contributed by atoms with Gasteiger partial charge in [0.25, 0.3) is 0 Å². The summed E-state index contributed by atoms with van der Waals surface area (Å²) >= 11 is 0. The van der Waals surface area contributed by atoms with Gasteiger partial charge in [0.15, 0.2) is 23.4 Å². The van der Waals surface area contributed by atoms with Gasteiger partial charge in [0.2, 0.25) is 0 Å². The minimum absolute atomic E-state index is 0.0537. The maximum absolute atomic E-state index is 14.2. The van der Waals surface area contributed by atoms with Crippen molar-refractivity contribution in [1.29, 1.82) is 0 Å². The lowest BCUT2D eigenvalue weighted by atomic mass is 9.42. The monoisotopic (exact) mass is 771 g/mol. The van der Waals surface area contributed by atoms with Crippen molar-refractivity contribution in [1.82, 2.24) is 4.90 Å². The van der Waals surface area contributed by atoms with Crippen LogP contribution < -0.4 is 0 Å². The van der Waals surface area contributed by atoms with Gasteiger partial charge in [0.05, 0.1) is 24.4 Å². The summed E-state index contributed by atoms with van der Waals surface area (Å²) in [7, 11) is 6.23. The molecule has 1 aromatic carbocycles. The summed E-state index contributed by atoms with van der Waals surface area (Å²) in [6.07, 6.45) is -5.56. The van der Waals surface area contributed by atoms with Gasteiger partial charge in [-0.15, -0.1) is 0 Å². The molecule has 15 nitrogen and oxygen atoms in total. The van der Waals surface area contributed by atoms with E-state index in [2.05, 4.69) is 4.90 Å². The number of carbonyl (C=O) groups excluding carboxylic acids is 5. The van der Waals surface area contributed by atoms with Crippen LogP contribution in [0.15, 0.2) is 30.3 Å². The Hall–Kier alpha value is -3.63. The molecular formula is C40H53NO14. The molecule has 302 valence electrons. The van der Waals surface area contributed by atoms with Crippen molar-refractivity contribution in [2.75, 3.05) is 48.1 Å². The molecule has 55 heavy (non-hydrogen) atoms. The summed E-state index contributed by atoms with van der Waals surface area (Å²) in [5.74, 6) is -5.98. The molecular weight excluding hydrogens is 718 g/mol. The molecule has 7 bridgehead atoms. The van der Waals surface area contributed by atoms with Gasteiger partial charge in [-0.2, -0.15) is 0 Å². The third kappa shape index (κ3) is 5.21. The fourth-order valence-electron chi connectivity index (χ4n) is 13.4. The maximum Gasteiger partial charge on any atom is 0.338 e. The molecule has 5 saturated carbocycles. The van der Waals surface area contributed by atoms with E-state index >= 15 is 0 Å². The second-order valence-corrected chi connectivity index (χ2v) is 16.1. The minimum Gasteiger partial charge on any atom is -0.462 e. The van der Waals surface area contributed by atoms with E-state index in [9.17, 15) is 24.0 Å². The van der Waals surface area contributed by atoms with Gasteiger partial charge in [-0.3, -0.25) is 24.1 Å². The van der Waals surface area contributed by atoms with E-state index in [4.69, 9.17) is 42.6 Å². The molecule has 1 aliphatic heterocycles. The first kappa shape index (κ1) is 39.6. The van der Waals surface area contributed by atoms with Crippen molar-refractivity contribution in [3.05, 3.63) is 35.9 Å². The Kier molecular flexibility index (Phi) is 10.1.